The average molecular weight is 233 g/mol. The molecule has 0 aliphatic carbocycles. The second-order valence-corrected chi connectivity index (χ2v) is 4.35. The maximum Gasteiger partial charge on any atom is 0.320 e. The Kier molecular flexibility index (Phi) is 5.15. The Bertz CT molecular complexity index is 237. The second kappa shape index (κ2) is 6.15. The van der Waals surface area contributed by atoms with Gasteiger partial charge in [0.2, 0.25) is 0 Å². The molecule has 0 aromatic carbocycles. The van der Waals surface area contributed by atoms with E-state index in [1.807, 2.05) is 11.8 Å². The highest BCUT2D eigenvalue weighted by Gasteiger charge is 2.33. The monoisotopic (exact) mass is 233 g/mol. The van der Waals surface area contributed by atoms with Crippen LogP contribution >= 0.6 is 0 Å². The molecular formula is C11H20FNO3. The van der Waals surface area contributed by atoms with Gasteiger partial charge in [0, 0.05) is 19.0 Å². The van der Waals surface area contributed by atoms with Crippen LogP contribution in [0, 0.1) is 5.92 Å². The molecule has 16 heavy (non-hydrogen) atoms. The van der Waals surface area contributed by atoms with E-state index >= 15 is 0 Å². The van der Waals surface area contributed by atoms with Gasteiger partial charge in [0.25, 0.3) is 0 Å². The smallest absolute Gasteiger partial charge is 0.320 e. The number of hydrogen-bond donors (Lipinski definition) is 2. The van der Waals surface area contributed by atoms with Gasteiger partial charge in [-0.25, -0.2) is 0 Å². The van der Waals surface area contributed by atoms with E-state index in [4.69, 9.17) is 5.11 Å². The zero-order valence-corrected chi connectivity index (χ0v) is 9.60. The fourth-order valence-corrected chi connectivity index (χ4v) is 2.34. The van der Waals surface area contributed by atoms with Crippen LogP contribution in [0.5, 0.6) is 0 Å². The van der Waals surface area contributed by atoms with Crippen LogP contribution in [0.4, 0.5) is 4.39 Å². The van der Waals surface area contributed by atoms with Crippen molar-refractivity contribution >= 4 is 5.97 Å². The maximum atomic E-state index is 12.3. The zero-order chi connectivity index (χ0) is 12.1. The minimum absolute atomic E-state index is 0.132. The van der Waals surface area contributed by atoms with Gasteiger partial charge in [-0.15, -0.1) is 0 Å². The van der Waals surface area contributed by atoms with Gasteiger partial charge >= 0.3 is 5.97 Å². The van der Waals surface area contributed by atoms with Gasteiger partial charge < -0.3 is 10.2 Å². The molecule has 0 bridgehead atoms. The largest absolute Gasteiger partial charge is 0.480 e. The Morgan fingerprint density at radius 1 is 1.62 bits per heavy atom. The van der Waals surface area contributed by atoms with Crippen LogP contribution in [0.3, 0.4) is 0 Å². The van der Waals surface area contributed by atoms with E-state index in [1.165, 1.54) is 0 Å². The molecule has 0 aromatic rings. The summed E-state index contributed by atoms with van der Waals surface area (Å²) in [6, 6.07) is -0.505. The van der Waals surface area contributed by atoms with Crippen LogP contribution in [0.2, 0.25) is 0 Å². The van der Waals surface area contributed by atoms with E-state index in [1.54, 1.807) is 0 Å². The van der Waals surface area contributed by atoms with Crippen molar-refractivity contribution in [2.24, 2.45) is 5.92 Å². The molecule has 0 spiro atoms. The molecule has 1 rings (SSSR count). The number of carboxylic acids is 1. The molecule has 1 aliphatic heterocycles. The summed E-state index contributed by atoms with van der Waals surface area (Å²) < 4.78 is 12.3. The average Bonchev–Trinajstić information content (AvgIpc) is 2.23. The summed E-state index contributed by atoms with van der Waals surface area (Å²) in [5.41, 5.74) is 0. The molecule has 94 valence electrons. The number of carbonyl (C=O) groups is 1. The molecule has 4 nitrogen and oxygen atoms in total. The molecule has 1 saturated heterocycles. The highest BCUT2D eigenvalue weighted by Crippen LogP contribution is 2.23. The second-order valence-electron chi connectivity index (χ2n) is 4.35. The first-order valence-electron chi connectivity index (χ1n) is 5.81. The minimum atomic E-state index is -0.835. The first kappa shape index (κ1) is 13.4. The van der Waals surface area contributed by atoms with Crippen molar-refractivity contribution in [2.45, 2.75) is 38.3 Å². The van der Waals surface area contributed by atoms with E-state index in [2.05, 4.69) is 0 Å². The van der Waals surface area contributed by atoms with Crippen molar-refractivity contribution in [3.05, 3.63) is 0 Å². The molecule has 2 N–H and O–H groups in total. The van der Waals surface area contributed by atoms with Crippen molar-refractivity contribution in [1.82, 2.24) is 4.90 Å². The summed E-state index contributed by atoms with van der Waals surface area (Å²) in [7, 11) is 0. The fraction of sp³-hybridized carbons (Fsp3) is 0.909. The van der Waals surface area contributed by atoms with E-state index in [0.717, 1.165) is 0 Å². The van der Waals surface area contributed by atoms with E-state index in [0.29, 0.717) is 32.4 Å². The number of alkyl halides is 1. The highest BCUT2D eigenvalue weighted by molar-refractivity contribution is 5.73. The lowest BCUT2D eigenvalue weighted by Crippen LogP contribution is -2.50. The van der Waals surface area contributed by atoms with Gasteiger partial charge in [0.1, 0.15) is 6.04 Å². The van der Waals surface area contributed by atoms with E-state index in [-0.39, 0.29) is 5.92 Å². The number of carboxylic acid groups (broad SMARTS) is 1. The Morgan fingerprint density at radius 3 is 2.81 bits per heavy atom. The molecule has 3 atom stereocenters. The van der Waals surface area contributed by atoms with Gasteiger partial charge in [0.05, 0.1) is 12.8 Å². The van der Waals surface area contributed by atoms with Crippen LogP contribution in [0.1, 0.15) is 26.2 Å². The zero-order valence-electron chi connectivity index (χ0n) is 9.60. The number of hydrogen-bond acceptors (Lipinski definition) is 3. The Labute approximate surface area is 95.1 Å². The summed E-state index contributed by atoms with van der Waals surface area (Å²) in [4.78, 5) is 12.8. The number of piperidine rings is 1. The predicted molar refractivity (Wildman–Crippen MR) is 58.0 cm³/mol. The Balaban J connectivity index is 2.59. The molecule has 0 saturated carbocycles. The summed E-state index contributed by atoms with van der Waals surface area (Å²) in [6.07, 6.45) is 0.897. The normalized spacial score (nSPS) is 28.9. The topological polar surface area (TPSA) is 60.8 Å². The Morgan fingerprint density at radius 2 is 2.31 bits per heavy atom. The van der Waals surface area contributed by atoms with Crippen molar-refractivity contribution in [3.8, 4) is 0 Å². The molecule has 0 amide bonds. The summed E-state index contributed by atoms with van der Waals surface area (Å²) in [5.74, 6) is -0.968. The summed E-state index contributed by atoms with van der Waals surface area (Å²) >= 11 is 0. The molecule has 0 unspecified atom stereocenters. The fourth-order valence-electron chi connectivity index (χ4n) is 2.34. The lowest BCUT2D eigenvalue weighted by molar-refractivity contribution is -0.145. The number of aliphatic hydroxyl groups excluding tert-OH is 1. The van der Waals surface area contributed by atoms with Crippen LogP contribution in [0.15, 0.2) is 0 Å². The number of halogens is 1. The first-order valence-corrected chi connectivity index (χ1v) is 5.81. The van der Waals surface area contributed by atoms with E-state index in [9.17, 15) is 14.3 Å². The van der Waals surface area contributed by atoms with Crippen LogP contribution in [-0.4, -0.2) is 53.0 Å². The highest BCUT2D eigenvalue weighted by atomic mass is 19.1. The van der Waals surface area contributed by atoms with Gasteiger partial charge in [-0.2, -0.15) is 0 Å². The number of nitrogens with zero attached hydrogens (tertiary/aromatic N) is 1. The van der Waals surface area contributed by atoms with Crippen LogP contribution in [-0.2, 0) is 4.79 Å². The maximum absolute atomic E-state index is 12.3. The first-order chi connectivity index (χ1) is 7.60. The molecule has 5 heteroatoms. The lowest BCUT2D eigenvalue weighted by atomic mass is 9.91. The van der Waals surface area contributed by atoms with Gasteiger partial charge in [-0.05, 0) is 19.3 Å². The molecule has 1 aliphatic rings. The molecule has 1 heterocycles. The van der Waals surface area contributed by atoms with Crippen molar-refractivity contribution in [3.63, 3.8) is 0 Å². The third-order valence-corrected chi connectivity index (χ3v) is 3.32. The van der Waals surface area contributed by atoms with Crippen molar-refractivity contribution in [1.29, 1.82) is 0 Å². The van der Waals surface area contributed by atoms with E-state index < -0.39 is 24.8 Å². The molecule has 1 fully saturated rings. The van der Waals surface area contributed by atoms with Gasteiger partial charge in [0.15, 0.2) is 0 Å². The van der Waals surface area contributed by atoms with Crippen molar-refractivity contribution in [2.75, 3.05) is 19.8 Å². The third kappa shape index (κ3) is 3.15. The SMILES string of the molecule is CC[C@H](C(=O)O)N1CC[C@H](O)[C@@H](CCF)C1. The van der Waals surface area contributed by atoms with Crippen LogP contribution in [0.25, 0.3) is 0 Å². The van der Waals surface area contributed by atoms with Crippen molar-refractivity contribution < 1.29 is 19.4 Å². The summed E-state index contributed by atoms with van der Waals surface area (Å²) in [5, 5.41) is 18.7. The number of aliphatic carboxylic acids is 1. The standard InChI is InChI=1S/C11H20FNO3/c1-2-9(11(15)16)13-6-4-10(14)8(7-13)3-5-12/h8-10,14H,2-7H2,1H3,(H,15,16)/t8-,9+,10-/m0/s1. The number of aliphatic hydroxyl groups is 1. The molecule has 0 radical (unpaired) electrons. The van der Waals surface area contributed by atoms with Gasteiger partial charge in [-0.1, -0.05) is 6.92 Å². The van der Waals surface area contributed by atoms with Gasteiger partial charge in [-0.3, -0.25) is 14.1 Å². The Hall–Kier alpha value is -0.680. The minimum Gasteiger partial charge on any atom is -0.480 e. The molecular weight excluding hydrogens is 213 g/mol. The summed E-state index contributed by atoms with van der Waals surface area (Å²) in [6.45, 7) is 2.43. The number of rotatable bonds is 5. The van der Waals surface area contributed by atoms with Crippen LogP contribution < -0.4 is 0 Å². The molecule has 0 aromatic heterocycles. The third-order valence-electron chi connectivity index (χ3n) is 3.32. The predicted octanol–water partition coefficient (Wildman–Crippen LogP) is 0.892. The lowest BCUT2D eigenvalue weighted by Gasteiger charge is -2.38. The quantitative estimate of drug-likeness (QED) is 0.740. The number of likely N-dealkylation sites (tertiary alicyclic amines) is 1.